The topological polar surface area (TPSA) is 45.5 Å². The third kappa shape index (κ3) is 5.43. The van der Waals surface area contributed by atoms with Gasteiger partial charge in [-0.25, -0.2) is 9.98 Å². The molecule has 1 aromatic carbocycles. The van der Waals surface area contributed by atoms with Crippen molar-refractivity contribution in [1.82, 2.24) is 19.8 Å². The lowest BCUT2D eigenvalue weighted by Gasteiger charge is -2.18. The summed E-state index contributed by atoms with van der Waals surface area (Å²) in [7, 11) is 3.99. The molecule has 0 spiro atoms. The number of hydrogen-bond acceptors (Lipinski definition) is 2. The van der Waals surface area contributed by atoms with Crippen molar-refractivity contribution in [3.63, 3.8) is 0 Å². The number of nitrogens with zero attached hydrogens (tertiary/aromatic N) is 4. The van der Waals surface area contributed by atoms with Crippen molar-refractivity contribution in [2.45, 2.75) is 33.5 Å². The van der Waals surface area contributed by atoms with Crippen molar-refractivity contribution in [2.75, 3.05) is 14.1 Å². The molecule has 0 fully saturated rings. The molecule has 0 atom stereocenters. The second kappa shape index (κ2) is 8.36. The number of aliphatic imine (C=N–C) groups is 1. The highest BCUT2D eigenvalue weighted by atomic mass is 15.3. The zero-order valence-corrected chi connectivity index (χ0v) is 14.5. The van der Waals surface area contributed by atoms with Crippen LogP contribution in [0.1, 0.15) is 25.2 Å². The molecule has 124 valence electrons. The Morgan fingerprint density at radius 1 is 1.26 bits per heavy atom. The molecule has 0 radical (unpaired) electrons. The van der Waals surface area contributed by atoms with E-state index in [0.717, 1.165) is 18.3 Å². The molecular formula is C18H27N5. The van der Waals surface area contributed by atoms with E-state index in [4.69, 9.17) is 0 Å². The van der Waals surface area contributed by atoms with Gasteiger partial charge in [0.25, 0.3) is 0 Å². The fraction of sp³-hybridized carbons (Fsp3) is 0.444. The van der Waals surface area contributed by atoms with Crippen LogP contribution in [0, 0.1) is 5.92 Å². The highest BCUT2D eigenvalue weighted by Gasteiger charge is 2.07. The first-order valence-electron chi connectivity index (χ1n) is 8.06. The van der Waals surface area contributed by atoms with Gasteiger partial charge in [0.2, 0.25) is 0 Å². The molecule has 0 bridgehead atoms. The SMILES string of the molecule is CC(C)Cn1ccnc1CNC(=NCc1ccccc1)N(C)C. The quantitative estimate of drug-likeness (QED) is 0.659. The first-order chi connectivity index (χ1) is 11.1. The Balaban J connectivity index is 1.99. The van der Waals surface area contributed by atoms with Gasteiger partial charge in [-0.3, -0.25) is 0 Å². The zero-order valence-electron chi connectivity index (χ0n) is 14.5. The minimum absolute atomic E-state index is 0.600. The second-order valence-corrected chi connectivity index (χ2v) is 6.26. The lowest BCUT2D eigenvalue weighted by Crippen LogP contribution is -2.36. The average molecular weight is 313 g/mol. The maximum Gasteiger partial charge on any atom is 0.194 e. The number of rotatable bonds is 6. The third-order valence-corrected chi connectivity index (χ3v) is 3.45. The number of benzene rings is 1. The van der Waals surface area contributed by atoms with Gasteiger partial charge in [0.05, 0.1) is 13.1 Å². The normalized spacial score (nSPS) is 11.8. The summed E-state index contributed by atoms with van der Waals surface area (Å²) in [6.07, 6.45) is 3.89. The first-order valence-corrected chi connectivity index (χ1v) is 8.06. The number of nitrogens with one attached hydrogen (secondary N) is 1. The lowest BCUT2D eigenvalue weighted by molar-refractivity contribution is 0.499. The molecule has 23 heavy (non-hydrogen) atoms. The maximum atomic E-state index is 4.68. The summed E-state index contributed by atoms with van der Waals surface area (Å²) in [6, 6.07) is 10.3. The summed E-state index contributed by atoms with van der Waals surface area (Å²) in [5.41, 5.74) is 1.20. The second-order valence-electron chi connectivity index (χ2n) is 6.26. The van der Waals surface area contributed by atoms with Gasteiger partial charge in [-0.15, -0.1) is 0 Å². The van der Waals surface area contributed by atoms with E-state index in [1.165, 1.54) is 5.56 Å². The molecule has 0 unspecified atom stereocenters. The Morgan fingerprint density at radius 3 is 2.65 bits per heavy atom. The molecule has 1 N–H and O–H groups in total. The maximum absolute atomic E-state index is 4.68. The Morgan fingerprint density at radius 2 is 2.00 bits per heavy atom. The van der Waals surface area contributed by atoms with Crippen LogP contribution in [0.4, 0.5) is 0 Å². The van der Waals surface area contributed by atoms with Crippen LogP contribution < -0.4 is 5.32 Å². The molecular weight excluding hydrogens is 286 g/mol. The summed E-state index contributed by atoms with van der Waals surface area (Å²) >= 11 is 0. The molecule has 0 saturated carbocycles. The van der Waals surface area contributed by atoms with Crippen molar-refractivity contribution in [3.8, 4) is 0 Å². The van der Waals surface area contributed by atoms with Crippen molar-refractivity contribution >= 4 is 5.96 Å². The van der Waals surface area contributed by atoms with Crippen molar-refractivity contribution in [2.24, 2.45) is 10.9 Å². The summed E-state index contributed by atoms with van der Waals surface area (Å²) in [5.74, 6) is 2.50. The Kier molecular flexibility index (Phi) is 6.20. The Bertz CT molecular complexity index is 613. The fourth-order valence-electron chi connectivity index (χ4n) is 2.33. The average Bonchev–Trinajstić information content (AvgIpc) is 2.94. The van der Waals surface area contributed by atoms with E-state index in [9.17, 15) is 0 Å². The van der Waals surface area contributed by atoms with Gasteiger partial charge >= 0.3 is 0 Å². The van der Waals surface area contributed by atoms with E-state index < -0.39 is 0 Å². The largest absolute Gasteiger partial charge is 0.349 e. The van der Waals surface area contributed by atoms with E-state index >= 15 is 0 Å². The number of guanidine groups is 1. The predicted octanol–water partition coefficient (Wildman–Crippen LogP) is 2.75. The van der Waals surface area contributed by atoms with Crippen molar-refractivity contribution < 1.29 is 0 Å². The van der Waals surface area contributed by atoms with Crippen LogP contribution in [0.2, 0.25) is 0 Å². The van der Waals surface area contributed by atoms with E-state index in [2.05, 4.69) is 45.8 Å². The van der Waals surface area contributed by atoms with E-state index in [1.54, 1.807) is 0 Å². The molecule has 0 saturated heterocycles. The van der Waals surface area contributed by atoms with Gasteiger partial charge in [0.1, 0.15) is 5.82 Å². The molecule has 5 nitrogen and oxygen atoms in total. The standard InChI is InChI=1S/C18H27N5/c1-15(2)14-23-11-10-19-17(23)13-21-18(22(3)4)20-12-16-8-6-5-7-9-16/h5-11,15H,12-14H2,1-4H3,(H,20,21). The van der Waals surface area contributed by atoms with Gasteiger partial charge in [0, 0.05) is 33.0 Å². The molecule has 0 aliphatic rings. The van der Waals surface area contributed by atoms with E-state index in [-0.39, 0.29) is 0 Å². The minimum atomic E-state index is 0.600. The first kappa shape index (κ1) is 17.1. The number of aromatic nitrogens is 2. The van der Waals surface area contributed by atoms with Gasteiger partial charge in [-0.05, 0) is 11.5 Å². The highest BCUT2D eigenvalue weighted by molar-refractivity contribution is 5.79. The van der Waals surface area contributed by atoms with Crippen LogP contribution in [0.5, 0.6) is 0 Å². The summed E-state index contributed by atoms with van der Waals surface area (Å²) < 4.78 is 2.20. The number of hydrogen-bond donors (Lipinski definition) is 1. The summed E-state index contributed by atoms with van der Waals surface area (Å²) in [4.78, 5) is 11.1. The summed E-state index contributed by atoms with van der Waals surface area (Å²) in [6.45, 7) is 6.75. The van der Waals surface area contributed by atoms with Crippen LogP contribution in [-0.2, 0) is 19.6 Å². The van der Waals surface area contributed by atoms with Gasteiger partial charge < -0.3 is 14.8 Å². The molecule has 1 heterocycles. The predicted molar refractivity (Wildman–Crippen MR) is 95.2 cm³/mol. The van der Waals surface area contributed by atoms with E-state index in [1.807, 2.05) is 49.6 Å². The third-order valence-electron chi connectivity index (χ3n) is 3.45. The lowest BCUT2D eigenvalue weighted by atomic mass is 10.2. The van der Waals surface area contributed by atoms with Crippen molar-refractivity contribution in [3.05, 3.63) is 54.1 Å². The zero-order chi connectivity index (χ0) is 16.7. The molecule has 5 heteroatoms. The number of imidazole rings is 1. The molecule has 1 aromatic heterocycles. The van der Waals surface area contributed by atoms with Gasteiger partial charge in [-0.1, -0.05) is 44.2 Å². The molecule has 2 aromatic rings. The van der Waals surface area contributed by atoms with Crippen molar-refractivity contribution in [1.29, 1.82) is 0 Å². The Hall–Kier alpha value is -2.30. The van der Waals surface area contributed by atoms with Crippen LogP contribution in [-0.4, -0.2) is 34.5 Å². The molecule has 0 aliphatic carbocycles. The minimum Gasteiger partial charge on any atom is -0.349 e. The molecule has 0 amide bonds. The summed E-state index contributed by atoms with van der Waals surface area (Å²) in [5, 5.41) is 3.40. The Labute approximate surface area is 139 Å². The smallest absolute Gasteiger partial charge is 0.194 e. The van der Waals surface area contributed by atoms with Crippen LogP contribution >= 0.6 is 0 Å². The van der Waals surface area contributed by atoms with Crippen LogP contribution in [0.15, 0.2) is 47.7 Å². The van der Waals surface area contributed by atoms with Crippen LogP contribution in [0.25, 0.3) is 0 Å². The fourth-order valence-corrected chi connectivity index (χ4v) is 2.33. The van der Waals surface area contributed by atoms with Gasteiger partial charge in [0.15, 0.2) is 5.96 Å². The van der Waals surface area contributed by atoms with Gasteiger partial charge in [-0.2, -0.15) is 0 Å². The van der Waals surface area contributed by atoms with E-state index in [0.29, 0.717) is 19.0 Å². The van der Waals surface area contributed by atoms with Crippen LogP contribution in [0.3, 0.4) is 0 Å². The molecule has 2 rings (SSSR count). The molecule has 0 aliphatic heterocycles. The highest BCUT2D eigenvalue weighted by Crippen LogP contribution is 2.04. The monoisotopic (exact) mass is 313 g/mol.